The molecule has 84 heavy (non-hydrogen) atoms. The molecule has 0 bridgehead atoms. The predicted octanol–water partition coefficient (Wildman–Crippen LogP) is 18.3. The summed E-state index contributed by atoms with van der Waals surface area (Å²) in [7, 11) is 0. The van der Waals surface area contributed by atoms with Crippen LogP contribution in [0.1, 0.15) is 0 Å². The molecule has 0 spiro atoms. The fraction of sp³-hybridized carbons (Fsp3) is 0. The summed E-state index contributed by atoms with van der Waals surface area (Å²) in [4.78, 5) is 43.7. The minimum atomic E-state index is 0.850. The Morgan fingerprint density at radius 2 is 0.667 bits per heavy atom. The van der Waals surface area contributed by atoms with Gasteiger partial charge in [0.15, 0.2) is 0 Å². The third kappa shape index (κ3) is 8.46. The van der Waals surface area contributed by atoms with E-state index in [1.807, 2.05) is 79.1 Å². The van der Waals surface area contributed by atoms with Gasteiger partial charge in [0.25, 0.3) is 0 Å². The summed E-state index contributed by atoms with van der Waals surface area (Å²) < 4.78 is 0. The van der Waals surface area contributed by atoms with Crippen LogP contribution in [0.2, 0.25) is 0 Å². The van der Waals surface area contributed by atoms with Gasteiger partial charge in [0.1, 0.15) is 0 Å². The highest BCUT2D eigenvalue weighted by atomic mass is 14.8. The summed E-state index contributed by atoms with van der Waals surface area (Å²) in [5, 5.41) is 11.1. The van der Waals surface area contributed by atoms with Crippen LogP contribution in [0.3, 0.4) is 0 Å². The van der Waals surface area contributed by atoms with Gasteiger partial charge < -0.3 is 0 Å². The lowest BCUT2D eigenvalue weighted by Crippen LogP contribution is -1.94. The molecule has 17 aromatic rings. The smallest absolute Gasteiger partial charge is 0.0979 e. The van der Waals surface area contributed by atoms with E-state index in [-0.39, 0.29) is 0 Å². The van der Waals surface area contributed by atoms with E-state index in [0.29, 0.717) is 0 Å². The van der Waals surface area contributed by atoms with Gasteiger partial charge in [-0.3, -0.25) is 19.9 Å². The molecule has 9 aromatic heterocycles. The molecular weight excluding hydrogens is 1030 g/mol. The van der Waals surface area contributed by atoms with Crippen molar-refractivity contribution >= 4 is 98.0 Å². The van der Waals surface area contributed by atoms with Gasteiger partial charge >= 0.3 is 0 Å². The van der Waals surface area contributed by atoms with Crippen LogP contribution >= 0.6 is 0 Å². The van der Waals surface area contributed by atoms with E-state index in [0.717, 1.165) is 138 Å². The molecule has 0 amide bonds. The second kappa shape index (κ2) is 20.2. The third-order valence-corrected chi connectivity index (χ3v) is 15.9. The van der Waals surface area contributed by atoms with Crippen molar-refractivity contribution < 1.29 is 0 Å². The van der Waals surface area contributed by atoms with E-state index in [1.54, 1.807) is 12.4 Å². The highest BCUT2D eigenvalue weighted by Gasteiger charge is 2.20. The van der Waals surface area contributed by atoms with Crippen molar-refractivity contribution in [2.45, 2.75) is 0 Å². The van der Waals surface area contributed by atoms with Crippen molar-refractivity contribution in [3.63, 3.8) is 0 Å². The van der Waals surface area contributed by atoms with Crippen LogP contribution in [0.4, 0.5) is 0 Å². The average molecular weight is 1070 g/mol. The van der Waals surface area contributed by atoms with E-state index < -0.39 is 0 Å². The van der Waals surface area contributed by atoms with Crippen LogP contribution < -0.4 is 0 Å². The van der Waals surface area contributed by atoms with Gasteiger partial charge in [-0.2, -0.15) is 0 Å². The molecule has 0 radical (unpaired) electrons. The fourth-order valence-corrected chi connectivity index (χ4v) is 11.9. The molecule has 0 atom stereocenters. The van der Waals surface area contributed by atoms with Crippen LogP contribution in [0.15, 0.2) is 274 Å². The van der Waals surface area contributed by atoms with Crippen LogP contribution in [-0.4, -0.2) is 44.9 Å². The van der Waals surface area contributed by atoms with Gasteiger partial charge in [0.2, 0.25) is 0 Å². The number of benzene rings is 8. The first-order valence-corrected chi connectivity index (χ1v) is 27.9. The van der Waals surface area contributed by atoms with E-state index in [1.165, 1.54) is 27.5 Å². The fourth-order valence-electron chi connectivity index (χ4n) is 11.9. The zero-order valence-corrected chi connectivity index (χ0v) is 45.0. The lowest BCUT2D eigenvalue weighted by atomic mass is 9.88. The van der Waals surface area contributed by atoms with Crippen molar-refractivity contribution in [3.8, 4) is 67.5 Å². The molecule has 0 saturated carbocycles. The molecule has 0 saturated heterocycles. The summed E-state index contributed by atoms with van der Waals surface area (Å²) in [6, 6.07) is 85.7. The number of aromatic nitrogens is 9. The number of rotatable bonds is 6. The Balaban J connectivity index is 0.000000138. The van der Waals surface area contributed by atoms with Gasteiger partial charge in [-0.25, -0.2) is 24.9 Å². The molecule has 0 aliphatic heterocycles. The minimum absolute atomic E-state index is 0.850. The molecule has 9 heterocycles. The van der Waals surface area contributed by atoms with Crippen molar-refractivity contribution in [2.75, 3.05) is 0 Å². The Kier molecular flexibility index (Phi) is 11.6. The number of pyridine rings is 9. The molecule has 0 aliphatic carbocycles. The maximum absolute atomic E-state index is 5.19. The van der Waals surface area contributed by atoms with E-state index >= 15 is 0 Å². The first kappa shape index (κ1) is 48.4. The molecule has 9 nitrogen and oxygen atoms in total. The topological polar surface area (TPSA) is 116 Å². The van der Waals surface area contributed by atoms with Crippen molar-refractivity contribution in [3.05, 3.63) is 274 Å². The zero-order chi connectivity index (χ0) is 55.5. The highest BCUT2D eigenvalue weighted by molar-refractivity contribution is 6.20. The Morgan fingerprint density at radius 3 is 1.27 bits per heavy atom. The highest BCUT2D eigenvalue weighted by Crippen LogP contribution is 2.43. The molecule has 0 aliphatic rings. The molecule has 8 aromatic carbocycles. The van der Waals surface area contributed by atoms with Crippen molar-refractivity contribution in [2.24, 2.45) is 0 Å². The molecular formula is C75H45N9. The molecule has 0 N–H and O–H groups in total. The monoisotopic (exact) mass is 1070 g/mol. The summed E-state index contributed by atoms with van der Waals surface area (Å²) in [6.45, 7) is 0. The first-order valence-electron chi connectivity index (χ1n) is 27.9. The third-order valence-electron chi connectivity index (χ3n) is 15.9. The number of fused-ring (bicyclic) bond motifs is 11. The molecule has 390 valence electrons. The van der Waals surface area contributed by atoms with E-state index in [4.69, 9.17) is 29.9 Å². The lowest BCUT2D eigenvalue weighted by Gasteiger charge is -2.16. The number of hydrogen-bond acceptors (Lipinski definition) is 9. The van der Waals surface area contributed by atoms with Gasteiger partial charge in [0.05, 0.1) is 78.3 Å². The van der Waals surface area contributed by atoms with Crippen LogP contribution in [0.5, 0.6) is 0 Å². The molecule has 17 rings (SSSR count). The number of nitrogens with zero attached hydrogens (tertiary/aromatic N) is 9. The minimum Gasteiger partial charge on any atom is -0.255 e. The van der Waals surface area contributed by atoms with Gasteiger partial charge in [-0.05, 0) is 112 Å². The normalized spacial score (nSPS) is 11.6. The average Bonchev–Trinajstić information content (AvgIpc) is 3.08. The van der Waals surface area contributed by atoms with Crippen LogP contribution in [-0.2, 0) is 0 Å². The van der Waals surface area contributed by atoms with Crippen LogP contribution in [0, 0.1) is 0 Å². The summed E-state index contributed by atoms with van der Waals surface area (Å²) in [5.41, 5.74) is 19.3. The SMILES string of the molecule is c1ccc(-c2ccc3ccc(-c4ccc(-c5c6ccccc6nc6c5ccc5cccnc56)c5ccccc45)cc3n2)nc1.c1ccc(-c2ccc3ccc(-c4cccc(-c5c6ccccc6nc6c5ccc5cccnc56)n4)cc3n2)nc1. The maximum atomic E-state index is 5.19. The second-order valence-electron chi connectivity index (χ2n) is 20.8. The summed E-state index contributed by atoms with van der Waals surface area (Å²) >= 11 is 0. The predicted molar refractivity (Wildman–Crippen MR) is 343 cm³/mol. The number of hydrogen-bond donors (Lipinski definition) is 0. The van der Waals surface area contributed by atoms with Gasteiger partial charge in [0, 0.05) is 84.6 Å². The Morgan fingerprint density at radius 1 is 0.202 bits per heavy atom. The van der Waals surface area contributed by atoms with Gasteiger partial charge in [-0.1, -0.05) is 164 Å². The molecule has 0 fully saturated rings. The molecule has 0 unspecified atom stereocenters. The summed E-state index contributed by atoms with van der Waals surface area (Å²) in [5.74, 6) is 0. The summed E-state index contributed by atoms with van der Waals surface area (Å²) in [6.07, 6.45) is 7.27. The maximum Gasteiger partial charge on any atom is 0.0979 e. The largest absolute Gasteiger partial charge is 0.255 e. The number of para-hydroxylation sites is 2. The zero-order valence-electron chi connectivity index (χ0n) is 45.0. The van der Waals surface area contributed by atoms with Gasteiger partial charge in [-0.15, -0.1) is 0 Å². The van der Waals surface area contributed by atoms with E-state index in [2.05, 4.69) is 197 Å². The van der Waals surface area contributed by atoms with Crippen molar-refractivity contribution in [1.82, 2.24) is 44.9 Å². The van der Waals surface area contributed by atoms with E-state index in [9.17, 15) is 0 Å². The lowest BCUT2D eigenvalue weighted by molar-refractivity contribution is 1.27. The Hall–Kier alpha value is -11.6. The second-order valence-corrected chi connectivity index (χ2v) is 20.8. The Bertz CT molecular complexity index is 5460. The quantitative estimate of drug-likeness (QED) is 0.119. The van der Waals surface area contributed by atoms with Crippen molar-refractivity contribution in [1.29, 1.82) is 0 Å². The van der Waals surface area contributed by atoms with Crippen LogP contribution in [0.25, 0.3) is 166 Å². The molecule has 9 heteroatoms. The Labute approximate surface area is 481 Å². The standard InChI is InChI=1S/C40H24N4.C35H21N5/c1-2-10-30-29(9-1)28(27-15-14-25-17-21-36(43-37(25)24-27)35-13-5-6-22-41-35)19-20-31(30)38-32-11-3-4-12-34(32)44-40-33(38)18-16-26-8-7-23-42-39(26)40;1-2-9-28-25(8-1)33(26-17-15-23-7-6-20-37-34(23)35(26)40-28)31-12-5-11-27(38-31)24-14-13-22-16-18-30(39-32(22)21-24)29-10-3-4-19-36-29/h1-24H;1-21H. The first-order chi connectivity index (χ1) is 41.6.